The standard InChI is InChI=1S/C16H16ClNO2S/c17-13-8-4-5-9-15(13)21-11-16(20)18-14(10-19)12-6-2-1-3-7-12/h1-9,14,19H,10-11H2,(H,18,20). The maximum absolute atomic E-state index is 12.0. The zero-order valence-corrected chi connectivity index (χ0v) is 12.9. The van der Waals surface area contributed by atoms with Gasteiger partial charge in [-0.25, -0.2) is 0 Å². The Kier molecular flexibility index (Phi) is 6.11. The Morgan fingerprint density at radius 2 is 1.81 bits per heavy atom. The minimum atomic E-state index is -0.384. The molecule has 0 aliphatic carbocycles. The van der Waals surface area contributed by atoms with Crippen LogP contribution in [-0.4, -0.2) is 23.4 Å². The third kappa shape index (κ3) is 4.77. The number of aliphatic hydroxyl groups is 1. The van der Waals surface area contributed by atoms with Crippen LogP contribution in [0.1, 0.15) is 11.6 Å². The third-order valence-electron chi connectivity index (χ3n) is 2.92. The average Bonchev–Trinajstić information content (AvgIpc) is 2.52. The van der Waals surface area contributed by atoms with Crippen molar-refractivity contribution >= 4 is 29.3 Å². The van der Waals surface area contributed by atoms with Crippen molar-refractivity contribution in [3.8, 4) is 0 Å². The molecule has 0 radical (unpaired) electrons. The van der Waals surface area contributed by atoms with E-state index in [9.17, 15) is 9.90 Å². The van der Waals surface area contributed by atoms with Gasteiger partial charge >= 0.3 is 0 Å². The van der Waals surface area contributed by atoms with Gasteiger partial charge in [-0.2, -0.15) is 0 Å². The Morgan fingerprint density at radius 1 is 1.14 bits per heavy atom. The number of nitrogens with one attached hydrogen (secondary N) is 1. The molecule has 2 rings (SSSR count). The monoisotopic (exact) mass is 321 g/mol. The molecule has 1 atom stereocenters. The zero-order chi connectivity index (χ0) is 15.1. The highest BCUT2D eigenvalue weighted by Crippen LogP contribution is 2.26. The molecule has 2 N–H and O–H groups in total. The van der Waals surface area contributed by atoms with Gasteiger partial charge in [0.05, 0.1) is 23.4 Å². The van der Waals surface area contributed by atoms with Gasteiger partial charge in [-0.3, -0.25) is 4.79 Å². The largest absolute Gasteiger partial charge is 0.394 e. The fraction of sp³-hybridized carbons (Fsp3) is 0.188. The Hall–Kier alpha value is -1.49. The van der Waals surface area contributed by atoms with Crippen LogP contribution in [0.15, 0.2) is 59.5 Å². The summed E-state index contributed by atoms with van der Waals surface area (Å²) >= 11 is 7.42. The molecular formula is C16H16ClNO2S. The first-order valence-corrected chi connectivity index (χ1v) is 7.89. The van der Waals surface area contributed by atoms with E-state index in [1.165, 1.54) is 11.8 Å². The molecule has 2 aromatic carbocycles. The molecule has 0 heterocycles. The molecule has 21 heavy (non-hydrogen) atoms. The van der Waals surface area contributed by atoms with Gasteiger partial charge < -0.3 is 10.4 Å². The molecule has 1 amide bonds. The first-order valence-electron chi connectivity index (χ1n) is 6.53. The Labute approximate surface area is 133 Å². The first-order chi connectivity index (χ1) is 10.2. The smallest absolute Gasteiger partial charge is 0.230 e. The van der Waals surface area contributed by atoms with Crippen LogP contribution in [0.2, 0.25) is 5.02 Å². The summed E-state index contributed by atoms with van der Waals surface area (Å²) in [6.07, 6.45) is 0. The predicted molar refractivity (Wildman–Crippen MR) is 86.6 cm³/mol. The number of carbonyl (C=O) groups is 1. The van der Waals surface area contributed by atoms with Crippen molar-refractivity contribution in [2.24, 2.45) is 0 Å². The summed E-state index contributed by atoms with van der Waals surface area (Å²) in [4.78, 5) is 12.9. The summed E-state index contributed by atoms with van der Waals surface area (Å²) in [5.74, 6) is 0.121. The lowest BCUT2D eigenvalue weighted by molar-refractivity contribution is -0.119. The second kappa shape index (κ2) is 8.08. The minimum Gasteiger partial charge on any atom is -0.394 e. The van der Waals surface area contributed by atoms with E-state index in [0.717, 1.165) is 10.5 Å². The normalized spacial score (nSPS) is 11.9. The summed E-state index contributed by atoms with van der Waals surface area (Å²) in [5.41, 5.74) is 0.885. The van der Waals surface area contributed by atoms with E-state index < -0.39 is 0 Å². The molecule has 0 aliphatic rings. The molecule has 0 spiro atoms. The van der Waals surface area contributed by atoms with Crippen molar-refractivity contribution < 1.29 is 9.90 Å². The number of thioether (sulfide) groups is 1. The zero-order valence-electron chi connectivity index (χ0n) is 11.3. The molecule has 110 valence electrons. The second-order valence-corrected chi connectivity index (χ2v) is 5.86. The number of carbonyl (C=O) groups excluding carboxylic acids is 1. The topological polar surface area (TPSA) is 49.3 Å². The maximum Gasteiger partial charge on any atom is 0.230 e. The van der Waals surface area contributed by atoms with Crippen LogP contribution in [0, 0.1) is 0 Å². The van der Waals surface area contributed by atoms with Crippen LogP contribution < -0.4 is 5.32 Å². The molecule has 0 fully saturated rings. The van der Waals surface area contributed by atoms with Crippen LogP contribution in [0.3, 0.4) is 0 Å². The van der Waals surface area contributed by atoms with Crippen LogP contribution in [0.4, 0.5) is 0 Å². The molecular weight excluding hydrogens is 306 g/mol. The Balaban J connectivity index is 1.90. The minimum absolute atomic E-state index is 0.132. The van der Waals surface area contributed by atoms with Gasteiger partial charge in [0.15, 0.2) is 0 Å². The van der Waals surface area contributed by atoms with Crippen molar-refractivity contribution in [2.75, 3.05) is 12.4 Å². The van der Waals surface area contributed by atoms with Gasteiger partial charge in [0.25, 0.3) is 0 Å². The summed E-state index contributed by atoms with van der Waals surface area (Å²) in [7, 11) is 0. The lowest BCUT2D eigenvalue weighted by Crippen LogP contribution is -2.32. The quantitative estimate of drug-likeness (QED) is 0.803. The highest BCUT2D eigenvalue weighted by atomic mass is 35.5. The van der Waals surface area contributed by atoms with E-state index in [-0.39, 0.29) is 24.3 Å². The maximum atomic E-state index is 12.0. The van der Waals surface area contributed by atoms with E-state index in [4.69, 9.17) is 11.6 Å². The van der Waals surface area contributed by atoms with Crippen LogP contribution >= 0.6 is 23.4 Å². The highest BCUT2D eigenvalue weighted by Gasteiger charge is 2.13. The Bertz CT molecular complexity index is 592. The van der Waals surface area contributed by atoms with Crippen LogP contribution in [0.25, 0.3) is 0 Å². The van der Waals surface area contributed by atoms with Gasteiger partial charge in [0.1, 0.15) is 0 Å². The fourth-order valence-corrected chi connectivity index (χ4v) is 2.91. The molecule has 0 aliphatic heterocycles. The molecule has 0 aromatic heterocycles. The van der Waals surface area contributed by atoms with E-state index in [0.29, 0.717) is 5.02 Å². The van der Waals surface area contributed by atoms with E-state index in [1.807, 2.05) is 48.5 Å². The van der Waals surface area contributed by atoms with Crippen molar-refractivity contribution in [1.82, 2.24) is 5.32 Å². The molecule has 0 saturated heterocycles. The number of hydrogen-bond donors (Lipinski definition) is 2. The SMILES string of the molecule is O=C(CSc1ccccc1Cl)NC(CO)c1ccccc1. The molecule has 3 nitrogen and oxygen atoms in total. The van der Waals surface area contributed by atoms with Crippen molar-refractivity contribution in [3.63, 3.8) is 0 Å². The summed E-state index contributed by atoms with van der Waals surface area (Å²) < 4.78 is 0. The van der Waals surface area contributed by atoms with E-state index >= 15 is 0 Å². The number of hydrogen-bond acceptors (Lipinski definition) is 3. The number of amides is 1. The number of halogens is 1. The summed E-state index contributed by atoms with van der Waals surface area (Å²) in [6, 6.07) is 16.4. The average molecular weight is 322 g/mol. The molecule has 2 aromatic rings. The van der Waals surface area contributed by atoms with Crippen molar-refractivity contribution in [2.45, 2.75) is 10.9 Å². The van der Waals surface area contributed by atoms with Gasteiger partial charge in [-0.1, -0.05) is 54.1 Å². The fourth-order valence-electron chi connectivity index (χ4n) is 1.86. The number of benzene rings is 2. The molecule has 0 bridgehead atoms. The predicted octanol–water partition coefficient (Wildman–Crippen LogP) is 3.28. The number of aliphatic hydroxyl groups excluding tert-OH is 1. The number of rotatable bonds is 6. The lowest BCUT2D eigenvalue weighted by atomic mass is 10.1. The van der Waals surface area contributed by atoms with Crippen molar-refractivity contribution in [1.29, 1.82) is 0 Å². The first kappa shape index (κ1) is 15.9. The molecule has 0 saturated carbocycles. The van der Waals surface area contributed by atoms with E-state index in [1.54, 1.807) is 6.07 Å². The third-order valence-corrected chi connectivity index (χ3v) is 4.43. The van der Waals surface area contributed by atoms with Crippen LogP contribution in [0.5, 0.6) is 0 Å². The highest BCUT2D eigenvalue weighted by molar-refractivity contribution is 8.00. The lowest BCUT2D eigenvalue weighted by Gasteiger charge is -2.16. The van der Waals surface area contributed by atoms with Crippen LogP contribution in [-0.2, 0) is 4.79 Å². The summed E-state index contributed by atoms with van der Waals surface area (Å²) in [5, 5.41) is 12.9. The van der Waals surface area contributed by atoms with E-state index in [2.05, 4.69) is 5.32 Å². The van der Waals surface area contributed by atoms with Gasteiger partial charge in [0.2, 0.25) is 5.91 Å². The Morgan fingerprint density at radius 3 is 2.48 bits per heavy atom. The summed E-state index contributed by atoms with van der Waals surface area (Å²) in [6.45, 7) is -0.132. The molecule has 5 heteroatoms. The van der Waals surface area contributed by atoms with Crippen molar-refractivity contribution in [3.05, 3.63) is 65.2 Å². The van der Waals surface area contributed by atoms with Gasteiger partial charge in [0, 0.05) is 4.90 Å². The molecule has 1 unspecified atom stereocenters. The van der Waals surface area contributed by atoms with Gasteiger partial charge in [-0.05, 0) is 17.7 Å². The second-order valence-electron chi connectivity index (χ2n) is 4.43. The van der Waals surface area contributed by atoms with Gasteiger partial charge in [-0.15, -0.1) is 11.8 Å².